The van der Waals surface area contributed by atoms with Crippen molar-refractivity contribution < 1.29 is 4.79 Å². The maximum atomic E-state index is 10.1. The molecule has 0 saturated carbocycles. The molecule has 0 atom stereocenters. The Bertz CT molecular complexity index is 112. The molecule has 0 aromatic carbocycles. The van der Waals surface area contributed by atoms with Crippen LogP contribution in [0.4, 0.5) is 0 Å². The zero-order chi connectivity index (χ0) is 5.86. The molecule has 0 rings (SSSR count). The van der Waals surface area contributed by atoms with Crippen LogP contribution < -0.4 is 5.73 Å². The fraction of sp³-hybridized carbons (Fsp3) is 0. The van der Waals surface area contributed by atoms with E-state index in [1.807, 2.05) is 4.94 Å². The summed E-state index contributed by atoms with van der Waals surface area (Å²) in [4.78, 5) is 12.0. The number of nitrogens with two attached hydrogens (primary N) is 1. The Morgan fingerprint density at radius 3 is 2.29 bits per heavy atom. The molecule has 0 fully saturated rings. The van der Waals surface area contributed by atoms with Crippen LogP contribution in [0.15, 0.2) is 8.53 Å². The summed E-state index contributed by atoms with van der Waals surface area (Å²) < 4.78 is 0.763. The van der Waals surface area contributed by atoms with E-state index >= 15 is 0 Å². The molecule has 35 valence electrons. The summed E-state index contributed by atoms with van der Waals surface area (Å²) in [7, 11) is 0. The van der Waals surface area contributed by atoms with E-state index in [-0.39, 0.29) is 5.91 Å². The minimum absolute atomic E-state index is 0.270. The summed E-state index contributed by atoms with van der Waals surface area (Å²) in [6, 6.07) is 0. The number of hydrogen-bond acceptors (Lipinski definition) is 1. The molecule has 0 aliphatic carbocycles. The van der Waals surface area contributed by atoms with E-state index in [9.17, 15) is 4.79 Å². The second-order valence-electron chi connectivity index (χ2n) is 1.07. The Morgan fingerprint density at radius 1 is 1.86 bits per heavy atom. The Hall–Kier alpha value is 0.541. The number of rotatable bonds is 1. The van der Waals surface area contributed by atoms with Crippen molar-refractivity contribution in [2.45, 2.75) is 0 Å². The average molecular weight is 217 g/mol. The first kappa shape index (κ1) is 7.54. The summed E-state index contributed by atoms with van der Waals surface area (Å²) in [5, 5.41) is 0. The molecule has 0 aromatic rings. The van der Waals surface area contributed by atoms with Gasteiger partial charge in [-0.2, -0.15) is 0 Å². The van der Waals surface area contributed by atoms with Crippen LogP contribution in [0, 0.1) is 0 Å². The topological polar surface area (TPSA) is 43.1 Å². The molecule has 3 radical (unpaired) electrons. The molecule has 0 aliphatic rings. The van der Waals surface area contributed by atoms with Crippen LogP contribution in [-0.4, -0.2) is 44.7 Å². The van der Waals surface area contributed by atoms with E-state index < -0.39 is 0 Å². The van der Waals surface area contributed by atoms with E-state index in [0.29, 0.717) is 0 Å². The minimum atomic E-state index is -0.270. The van der Waals surface area contributed by atoms with Gasteiger partial charge in [0.1, 0.15) is 0 Å². The van der Waals surface area contributed by atoms with Gasteiger partial charge < -0.3 is 0 Å². The molecule has 2 N–H and O–H groups in total. The standard InChI is InChI=1S/C3H3NO.Al.Sn.2H/c1-2-3(4)5;;;;/h1H,(H2,4,5);;;;. The molecular formula is C3H5AlNOSn. The predicted molar refractivity (Wildman–Crippen MR) is 31.6 cm³/mol. The van der Waals surface area contributed by atoms with Gasteiger partial charge in [-0.25, -0.2) is 0 Å². The number of hydrogen-bond donors (Lipinski definition) is 1. The molecule has 0 bridgehead atoms. The predicted octanol–water partition coefficient (Wildman–Crippen LogP) is -1.89. The van der Waals surface area contributed by atoms with Crippen LogP contribution in [0.3, 0.4) is 0 Å². The summed E-state index contributed by atoms with van der Waals surface area (Å²) in [6.45, 7) is 0. The van der Waals surface area contributed by atoms with Gasteiger partial charge in [-0.3, -0.25) is 0 Å². The van der Waals surface area contributed by atoms with Crippen LogP contribution in [0.5, 0.6) is 0 Å². The zero-order valence-electron chi connectivity index (χ0n) is 4.06. The van der Waals surface area contributed by atoms with Gasteiger partial charge in [0.15, 0.2) is 0 Å². The second kappa shape index (κ2) is 3.53. The van der Waals surface area contributed by atoms with Crippen molar-refractivity contribution >= 4 is 44.7 Å². The van der Waals surface area contributed by atoms with Gasteiger partial charge in [0.25, 0.3) is 0 Å². The van der Waals surface area contributed by atoms with Crippen LogP contribution >= 0.6 is 0 Å². The fourth-order valence-corrected chi connectivity index (χ4v) is 0.427. The Balaban J connectivity index is 3.82. The first-order valence-electron chi connectivity index (χ1n) is 1.86. The quantitative estimate of drug-likeness (QED) is 0.405. The molecule has 0 saturated heterocycles. The first-order chi connectivity index (χ1) is 3.18. The van der Waals surface area contributed by atoms with Gasteiger partial charge in [-0.1, -0.05) is 0 Å². The SMILES string of the molecule is NC(=O)/[C]([Sn])=[CH]\[AlH2]. The van der Waals surface area contributed by atoms with Gasteiger partial charge in [-0.05, 0) is 0 Å². The third-order valence-corrected chi connectivity index (χ3v) is 4.31. The third-order valence-electron chi connectivity index (χ3n) is 0.554. The van der Waals surface area contributed by atoms with Gasteiger partial charge in [-0.15, -0.1) is 0 Å². The molecule has 4 heteroatoms. The zero-order valence-corrected chi connectivity index (χ0v) is 8.92. The number of amides is 1. The summed E-state index contributed by atoms with van der Waals surface area (Å²) >= 11 is 2.05. The molecule has 7 heavy (non-hydrogen) atoms. The van der Waals surface area contributed by atoms with Crippen molar-refractivity contribution in [3.05, 3.63) is 8.53 Å². The molecule has 0 heterocycles. The van der Waals surface area contributed by atoms with Gasteiger partial charge in [0.05, 0.1) is 0 Å². The van der Waals surface area contributed by atoms with Crippen LogP contribution in [-0.2, 0) is 4.79 Å². The van der Waals surface area contributed by atoms with Gasteiger partial charge in [0.2, 0.25) is 0 Å². The number of primary amides is 1. The van der Waals surface area contributed by atoms with Crippen molar-refractivity contribution in [3.8, 4) is 0 Å². The van der Waals surface area contributed by atoms with Crippen LogP contribution in [0.25, 0.3) is 0 Å². The van der Waals surface area contributed by atoms with Gasteiger partial charge in [0, 0.05) is 0 Å². The third kappa shape index (κ3) is 3.15. The van der Waals surface area contributed by atoms with Crippen molar-refractivity contribution in [2.24, 2.45) is 5.73 Å². The van der Waals surface area contributed by atoms with E-state index in [4.69, 9.17) is 5.73 Å². The monoisotopic (exact) mass is 218 g/mol. The molecule has 1 amide bonds. The van der Waals surface area contributed by atoms with Crippen molar-refractivity contribution in [1.29, 1.82) is 0 Å². The van der Waals surface area contributed by atoms with E-state index in [2.05, 4.69) is 0 Å². The first-order valence-corrected chi connectivity index (χ1v) is 4.44. The average Bonchev–Trinajstić information content (AvgIpc) is 1.65. The summed E-state index contributed by atoms with van der Waals surface area (Å²) in [5.41, 5.74) is 4.88. The van der Waals surface area contributed by atoms with Crippen LogP contribution in [0.2, 0.25) is 0 Å². The Labute approximate surface area is 63.7 Å². The maximum absolute atomic E-state index is 10.1. The van der Waals surface area contributed by atoms with E-state index in [1.165, 1.54) is 0 Å². The molecule has 2 nitrogen and oxygen atoms in total. The van der Waals surface area contributed by atoms with Crippen molar-refractivity contribution in [1.82, 2.24) is 0 Å². The second-order valence-corrected chi connectivity index (χ2v) is 3.18. The molecule has 0 aliphatic heterocycles. The fourth-order valence-electron chi connectivity index (χ4n) is 0.142. The number of carbonyl (C=O) groups excluding carboxylic acids is 1. The van der Waals surface area contributed by atoms with Crippen molar-refractivity contribution in [2.75, 3.05) is 0 Å². The van der Waals surface area contributed by atoms with Gasteiger partial charge >= 0.3 is 63.8 Å². The van der Waals surface area contributed by atoms with Crippen molar-refractivity contribution in [3.63, 3.8) is 0 Å². The number of carbonyl (C=O) groups is 1. The molecule has 0 spiro atoms. The molecule has 0 aromatic heterocycles. The molecular weight excluding hydrogens is 212 g/mol. The summed E-state index contributed by atoms with van der Waals surface area (Å²) in [6.07, 6.45) is 0. The van der Waals surface area contributed by atoms with E-state index in [0.717, 1.165) is 42.4 Å². The van der Waals surface area contributed by atoms with E-state index in [1.54, 1.807) is 0 Å². The van der Waals surface area contributed by atoms with Crippen LogP contribution in [0.1, 0.15) is 0 Å². The Kier molecular flexibility index (Phi) is 3.80. The molecule has 0 unspecified atom stereocenters. The Morgan fingerprint density at radius 2 is 2.29 bits per heavy atom. The summed E-state index contributed by atoms with van der Waals surface area (Å²) in [5.74, 6) is -0.270. The normalized spacial score (nSPS) is 11.3.